The molecule has 0 unspecified atom stereocenters. The van der Waals surface area contributed by atoms with Crippen LogP contribution >= 0.6 is 27.3 Å². The second-order valence-electron chi connectivity index (χ2n) is 4.12. The molecule has 0 aliphatic heterocycles. The fourth-order valence-electron chi connectivity index (χ4n) is 1.77. The summed E-state index contributed by atoms with van der Waals surface area (Å²) in [6, 6.07) is 5.93. The molecule has 1 aromatic carbocycles. The molecule has 0 amide bonds. The highest BCUT2D eigenvalue weighted by Crippen LogP contribution is 2.23. The third-order valence-electron chi connectivity index (χ3n) is 2.82. The summed E-state index contributed by atoms with van der Waals surface area (Å²) < 4.78 is 12.1. The number of ether oxygens (including phenoxy) is 2. The highest BCUT2D eigenvalue weighted by Gasteiger charge is 2.05. The van der Waals surface area contributed by atoms with E-state index in [-0.39, 0.29) is 0 Å². The normalized spacial score (nSPS) is 10.7. The Balaban J connectivity index is 1.86. The molecule has 0 fully saturated rings. The molecule has 0 spiro atoms. The zero-order valence-corrected chi connectivity index (χ0v) is 13.4. The summed E-state index contributed by atoms with van der Waals surface area (Å²) in [5.41, 5.74) is 4.04. The molecule has 19 heavy (non-hydrogen) atoms. The summed E-state index contributed by atoms with van der Waals surface area (Å²) in [5, 5.41) is 0. The number of halogens is 1. The van der Waals surface area contributed by atoms with E-state index in [2.05, 4.69) is 20.9 Å². The van der Waals surface area contributed by atoms with Crippen LogP contribution in [0.2, 0.25) is 0 Å². The van der Waals surface area contributed by atoms with E-state index in [0.29, 0.717) is 13.2 Å². The molecular formula is C14H16BrNO2S. The Morgan fingerprint density at radius 1 is 1.37 bits per heavy atom. The van der Waals surface area contributed by atoms with Gasteiger partial charge in [0.15, 0.2) is 0 Å². The van der Waals surface area contributed by atoms with Gasteiger partial charge in [0.25, 0.3) is 0 Å². The quantitative estimate of drug-likeness (QED) is 0.744. The smallest absolute Gasteiger partial charge is 0.124 e. The standard InChI is InChI=1S/C14H16BrNO2S/c1-10-14(19-9-16-10)5-6-18-8-11-7-12(15)3-4-13(11)17-2/h3-4,7,9H,5-6,8H2,1-2H3. The van der Waals surface area contributed by atoms with Crippen LogP contribution in [0.1, 0.15) is 16.1 Å². The number of thiazole rings is 1. The van der Waals surface area contributed by atoms with E-state index < -0.39 is 0 Å². The number of methoxy groups -OCH3 is 1. The van der Waals surface area contributed by atoms with Gasteiger partial charge in [0.2, 0.25) is 0 Å². The van der Waals surface area contributed by atoms with Gasteiger partial charge in [-0.3, -0.25) is 0 Å². The molecular weight excluding hydrogens is 326 g/mol. The highest BCUT2D eigenvalue weighted by molar-refractivity contribution is 9.10. The molecule has 102 valence electrons. The Morgan fingerprint density at radius 3 is 2.89 bits per heavy atom. The molecule has 0 bridgehead atoms. The van der Waals surface area contributed by atoms with E-state index in [1.807, 2.05) is 30.6 Å². The Morgan fingerprint density at radius 2 is 2.21 bits per heavy atom. The van der Waals surface area contributed by atoms with Gasteiger partial charge in [-0.15, -0.1) is 11.3 Å². The highest BCUT2D eigenvalue weighted by atomic mass is 79.9. The van der Waals surface area contributed by atoms with E-state index in [4.69, 9.17) is 9.47 Å². The van der Waals surface area contributed by atoms with Crippen LogP contribution in [0, 0.1) is 6.92 Å². The number of hydrogen-bond donors (Lipinski definition) is 0. The summed E-state index contributed by atoms with van der Waals surface area (Å²) in [4.78, 5) is 5.52. The Bertz CT molecular complexity index is 542. The second kappa shape index (κ2) is 7.03. The topological polar surface area (TPSA) is 31.4 Å². The molecule has 0 N–H and O–H groups in total. The van der Waals surface area contributed by atoms with Gasteiger partial charge in [-0.05, 0) is 25.1 Å². The first-order valence-corrected chi connectivity index (χ1v) is 7.67. The van der Waals surface area contributed by atoms with Crippen LogP contribution in [-0.4, -0.2) is 18.7 Å². The van der Waals surface area contributed by atoms with Crippen molar-refractivity contribution in [1.29, 1.82) is 0 Å². The molecule has 5 heteroatoms. The number of hydrogen-bond acceptors (Lipinski definition) is 4. The molecule has 2 aromatic rings. The van der Waals surface area contributed by atoms with Crippen LogP contribution in [0.5, 0.6) is 5.75 Å². The minimum absolute atomic E-state index is 0.556. The molecule has 3 nitrogen and oxygen atoms in total. The van der Waals surface area contributed by atoms with Crippen molar-refractivity contribution in [1.82, 2.24) is 4.98 Å². The van der Waals surface area contributed by atoms with E-state index in [1.54, 1.807) is 18.4 Å². The molecule has 0 aliphatic carbocycles. The number of aryl methyl sites for hydroxylation is 1. The average Bonchev–Trinajstić information content (AvgIpc) is 2.80. The second-order valence-corrected chi connectivity index (χ2v) is 5.97. The molecule has 0 atom stereocenters. The number of rotatable bonds is 6. The first-order chi connectivity index (χ1) is 9.20. The fraction of sp³-hybridized carbons (Fsp3) is 0.357. The lowest BCUT2D eigenvalue weighted by molar-refractivity contribution is 0.122. The van der Waals surface area contributed by atoms with Crippen molar-refractivity contribution in [2.24, 2.45) is 0 Å². The summed E-state index contributed by atoms with van der Waals surface area (Å²) in [5.74, 6) is 0.858. The van der Waals surface area contributed by atoms with E-state index in [0.717, 1.165) is 27.9 Å². The number of aromatic nitrogens is 1. The van der Waals surface area contributed by atoms with Crippen molar-refractivity contribution in [2.75, 3.05) is 13.7 Å². The molecule has 0 saturated carbocycles. The predicted octanol–water partition coefficient (Wildman–Crippen LogP) is 3.98. The van der Waals surface area contributed by atoms with Gasteiger partial charge in [-0.2, -0.15) is 0 Å². The van der Waals surface area contributed by atoms with Gasteiger partial charge in [0.05, 0.1) is 31.5 Å². The number of nitrogens with zero attached hydrogens (tertiary/aromatic N) is 1. The van der Waals surface area contributed by atoms with Crippen molar-refractivity contribution in [3.05, 3.63) is 44.3 Å². The summed E-state index contributed by atoms with van der Waals surface area (Å²) >= 11 is 5.14. The van der Waals surface area contributed by atoms with Crippen LogP contribution in [0.3, 0.4) is 0 Å². The lowest BCUT2D eigenvalue weighted by Gasteiger charge is -2.09. The van der Waals surface area contributed by atoms with Crippen LogP contribution < -0.4 is 4.74 Å². The van der Waals surface area contributed by atoms with Gasteiger partial charge in [0, 0.05) is 21.3 Å². The zero-order valence-electron chi connectivity index (χ0n) is 11.0. The molecule has 0 aliphatic rings. The van der Waals surface area contributed by atoms with Crippen LogP contribution in [0.4, 0.5) is 0 Å². The predicted molar refractivity (Wildman–Crippen MR) is 80.9 cm³/mol. The summed E-state index contributed by atoms with van der Waals surface area (Å²) in [6.07, 6.45) is 0.910. The van der Waals surface area contributed by atoms with Crippen LogP contribution in [-0.2, 0) is 17.8 Å². The maximum atomic E-state index is 5.72. The van der Waals surface area contributed by atoms with Gasteiger partial charge >= 0.3 is 0 Å². The first-order valence-electron chi connectivity index (χ1n) is 6.00. The third kappa shape index (κ3) is 4.03. The van der Waals surface area contributed by atoms with Gasteiger partial charge in [-0.1, -0.05) is 15.9 Å². The Kier molecular flexibility index (Phi) is 5.36. The van der Waals surface area contributed by atoms with Gasteiger partial charge < -0.3 is 9.47 Å². The van der Waals surface area contributed by atoms with Crippen LogP contribution in [0.25, 0.3) is 0 Å². The lowest BCUT2D eigenvalue weighted by atomic mass is 10.2. The summed E-state index contributed by atoms with van der Waals surface area (Å²) in [7, 11) is 1.67. The third-order valence-corrected chi connectivity index (χ3v) is 4.31. The largest absolute Gasteiger partial charge is 0.496 e. The minimum Gasteiger partial charge on any atom is -0.496 e. The SMILES string of the molecule is COc1ccc(Br)cc1COCCc1scnc1C. The maximum Gasteiger partial charge on any atom is 0.124 e. The summed E-state index contributed by atoms with van der Waals surface area (Å²) in [6.45, 7) is 3.28. The first kappa shape index (κ1) is 14.5. The fourth-order valence-corrected chi connectivity index (χ4v) is 2.94. The minimum atomic E-state index is 0.556. The molecule has 2 rings (SSSR count). The molecule has 0 radical (unpaired) electrons. The monoisotopic (exact) mass is 341 g/mol. The Hall–Kier alpha value is -0.910. The van der Waals surface area contributed by atoms with Crippen molar-refractivity contribution < 1.29 is 9.47 Å². The van der Waals surface area contributed by atoms with Crippen molar-refractivity contribution in [3.8, 4) is 5.75 Å². The molecule has 0 saturated heterocycles. The number of benzene rings is 1. The van der Waals surface area contributed by atoms with Crippen molar-refractivity contribution in [3.63, 3.8) is 0 Å². The Labute approximate surface area is 125 Å². The van der Waals surface area contributed by atoms with Gasteiger partial charge in [-0.25, -0.2) is 4.98 Å². The molecule has 1 heterocycles. The van der Waals surface area contributed by atoms with Crippen molar-refractivity contribution >= 4 is 27.3 Å². The van der Waals surface area contributed by atoms with E-state index >= 15 is 0 Å². The zero-order chi connectivity index (χ0) is 13.7. The average molecular weight is 342 g/mol. The van der Waals surface area contributed by atoms with Crippen molar-refractivity contribution in [2.45, 2.75) is 20.0 Å². The van der Waals surface area contributed by atoms with E-state index in [9.17, 15) is 0 Å². The maximum absolute atomic E-state index is 5.72. The lowest BCUT2D eigenvalue weighted by Crippen LogP contribution is -2.00. The van der Waals surface area contributed by atoms with E-state index in [1.165, 1.54) is 4.88 Å². The van der Waals surface area contributed by atoms with Crippen LogP contribution in [0.15, 0.2) is 28.2 Å². The molecule has 1 aromatic heterocycles. The van der Waals surface area contributed by atoms with Gasteiger partial charge in [0.1, 0.15) is 5.75 Å².